The molecule has 2 aromatic rings. The number of methoxy groups -OCH3 is 2. The first-order valence-electron chi connectivity index (χ1n) is 9.69. The van der Waals surface area contributed by atoms with Crippen molar-refractivity contribution in [2.45, 2.75) is 25.3 Å². The Morgan fingerprint density at radius 2 is 1.76 bits per heavy atom. The van der Waals surface area contributed by atoms with Gasteiger partial charge in [-0.05, 0) is 18.3 Å². The van der Waals surface area contributed by atoms with Crippen LogP contribution in [-0.2, 0) is 4.79 Å². The summed E-state index contributed by atoms with van der Waals surface area (Å²) < 4.78 is 10.5. The van der Waals surface area contributed by atoms with Crippen molar-refractivity contribution in [3.63, 3.8) is 0 Å². The zero-order valence-electron chi connectivity index (χ0n) is 17.3. The van der Waals surface area contributed by atoms with Crippen molar-refractivity contribution in [1.29, 1.82) is 0 Å². The highest BCUT2D eigenvalue weighted by atomic mass is 32.2. The predicted molar refractivity (Wildman–Crippen MR) is 116 cm³/mol. The molecule has 1 aliphatic rings. The number of rotatable bonds is 7. The summed E-state index contributed by atoms with van der Waals surface area (Å²) >= 11 is 1.40. The molecule has 29 heavy (non-hydrogen) atoms. The first-order valence-corrected chi connectivity index (χ1v) is 10.7. The Morgan fingerprint density at radius 3 is 2.38 bits per heavy atom. The Bertz CT molecular complexity index is 816. The van der Waals surface area contributed by atoms with Crippen molar-refractivity contribution in [3.05, 3.63) is 30.6 Å². The lowest BCUT2D eigenvalue weighted by Gasteiger charge is -2.35. The maximum atomic E-state index is 12.4. The molecule has 1 fully saturated rings. The van der Waals surface area contributed by atoms with Crippen LogP contribution in [0.5, 0.6) is 11.5 Å². The zero-order chi connectivity index (χ0) is 20.8. The minimum atomic E-state index is -0.120. The number of anilines is 2. The number of hydrogen-bond acceptors (Lipinski definition) is 7. The number of amides is 1. The van der Waals surface area contributed by atoms with E-state index >= 15 is 0 Å². The number of nitrogens with zero attached hydrogens (tertiary/aromatic N) is 3. The number of thioether (sulfide) groups is 1. The van der Waals surface area contributed by atoms with Gasteiger partial charge in [0.2, 0.25) is 5.91 Å². The zero-order valence-corrected chi connectivity index (χ0v) is 18.2. The number of ether oxygens (including phenoxy) is 2. The summed E-state index contributed by atoms with van der Waals surface area (Å²) in [5.41, 5.74) is 0.631. The van der Waals surface area contributed by atoms with E-state index in [1.807, 2.05) is 6.07 Å². The molecule has 2 heterocycles. The molecule has 156 valence electrons. The lowest BCUT2D eigenvalue weighted by Crippen LogP contribution is -2.39. The van der Waals surface area contributed by atoms with Crippen LogP contribution in [0.25, 0.3) is 0 Å². The van der Waals surface area contributed by atoms with Crippen LogP contribution in [0.4, 0.5) is 11.5 Å². The van der Waals surface area contributed by atoms with E-state index in [2.05, 4.69) is 34.0 Å². The number of hydrogen-bond donors (Lipinski definition) is 1. The minimum absolute atomic E-state index is 0.120. The maximum Gasteiger partial charge on any atom is 0.234 e. The third kappa shape index (κ3) is 6.00. The first kappa shape index (κ1) is 21.2. The summed E-state index contributed by atoms with van der Waals surface area (Å²) in [6.07, 6.45) is 2.82. The third-order valence-corrected chi connectivity index (χ3v) is 5.73. The SMILES string of the molecule is COc1cc(NC(=O)CSc2cc(N3C[C@H](C)C[C@H](C)C3)ncn2)cc(OC)c1. The molecule has 7 nitrogen and oxygen atoms in total. The summed E-state index contributed by atoms with van der Waals surface area (Å²) in [5.74, 6) is 3.61. The average molecular weight is 417 g/mol. The van der Waals surface area contributed by atoms with Crippen molar-refractivity contribution < 1.29 is 14.3 Å². The van der Waals surface area contributed by atoms with Gasteiger partial charge in [-0.25, -0.2) is 9.97 Å². The molecule has 1 N–H and O–H groups in total. The molecule has 0 saturated carbocycles. The fourth-order valence-corrected chi connectivity index (χ4v) is 4.31. The summed E-state index contributed by atoms with van der Waals surface area (Å²) in [7, 11) is 3.15. The number of benzene rings is 1. The van der Waals surface area contributed by atoms with Gasteiger partial charge in [0, 0.05) is 43.0 Å². The smallest absolute Gasteiger partial charge is 0.234 e. The maximum absolute atomic E-state index is 12.4. The van der Waals surface area contributed by atoms with E-state index in [1.165, 1.54) is 18.2 Å². The van der Waals surface area contributed by atoms with Crippen LogP contribution in [0, 0.1) is 11.8 Å². The predicted octanol–water partition coefficient (Wildman–Crippen LogP) is 3.71. The Labute approximate surface area is 176 Å². The Morgan fingerprint density at radius 1 is 1.10 bits per heavy atom. The van der Waals surface area contributed by atoms with Crippen LogP contribution >= 0.6 is 11.8 Å². The van der Waals surface area contributed by atoms with E-state index in [0.717, 1.165) is 23.9 Å². The quantitative estimate of drug-likeness (QED) is 0.545. The number of nitrogens with one attached hydrogen (secondary N) is 1. The van der Waals surface area contributed by atoms with Gasteiger partial charge in [-0.15, -0.1) is 0 Å². The topological polar surface area (TPSA) is 76.6 Å². The van der Waals surface area contributed by atoms with Crippen LogP contribution in [0.3, 0.4) is 0 Å². The molecule has 0 bridgehead atoms. The summed E-state index contributed by atoms with van der Waals surface area (Å²) in [4.78, 5) is 23.5. The number of piperidine rings is 1. The lowest BCUT2D eigenvalue weighted by molar-refractivity contribution is -0.113. The standard InChI is InChI=1S/C21H28N4O3S/c1-14-5-15(2)11-25(10-14)19-9-21(23-13-22-19)29-12-20(26)24-16-6-17(27-3)8-18(7-16)28-4/h6-9,13-15H,5,10-12H2,1-4H3,(H,24,26)/t14-,15+. The second-order valence-corrected chi connectivity index (χ2v) is 8.50. The molecule has 0 unspecified atom stereocenters. The average Bonchev–Trinajstić information content (AvgIpc) is 2.71. The number of aromatic nitrogens is 2. The van der Waals surface area contributed by atoms with E-state index in [9.17, 15) is 4.79 Å². The molecule has 8 heteroatoms. The third-order valence-electron chi connectivity index (χ3n) is 4.81. The van der Waals surface area contributed by atoms with Gasteiger partial charge in [-0.3, -0.25) is 4.79 Å². The van der Waals surface area contributed by atoms with E-state index in [1.54, 1.807) is 38.7 Å². The van der Waals surface area contributed by atoms with Gasteiger partial charge in [0.15, 0.2) is 0 Å². The Kier molecular flexibility index (Phi) is 7.19. The molecule has 1 aromatic heterocycles. The number of carbonyl (C=O) groups excluding carboxylic acids is 1. The van der Waals surface area contributed by atoms with Crippen molar-refractivity contribution >= 4 is 29.2 Å². The van der Waals surface area contributed by atoms with Crippen LogP contribution in [-0.4, -0.2) is 48.9 Å². The number of carbonyl (C=O) groups is 1. The molecule has 1 saturated heterocycles. The van der Waals surface area contributed by atoms with Gasteiger partial charge in [-0.1, -0.05) is 25.6 Å². The fraction of sp³-hybridized carbons (Fsp3) is 0.476. The van der Waals surface area contributed by atoms with Crippen molar-refractivity contribution in [2.75, 3.05) is 43.3 Å². The van der Waals surface area contributed by atoms with Gasteiger partial charge in [-0.2, -0.15) is 0 Å². The van der Waals surface area contributed by atoms with Gasteiger partial charge >= 0.3 is 0 Å². The monoisotopic (exact) mass is 416 g/mol. The second-order valence-electron chi connectivity index (χ2n) is 7.50. The van der Waals surface area contributed by atoms with Gasteiger partial charge in [0.05, 0.1) is 20.0 Å². The van der Waals surface area contributed by atoms with Gasteiger partial charge < -0.3 is 19.7 Å². The minimum Gasteiger partial charge on any atom is -0.497 e. The van der Waals surface area contributed by atoms with Crippen LogP contribution in [0.2, 0.25) is 0 Å². The van der Waals surface area contributed by atoms with Crippen molar-refractivity contribution in [2.24, 2.45) is 11.8 Å². The van der Waals surface area contributed by atoms with Gasteiger partial charge in [0.1, 0.15) is 28.7 Å². The summed E-state index contributed by atoms with van der Waals surface area (Å²) in [6.45, 7) is 6.56. The first-order chi connectivity index (χ1) is 14.0. The van der Waals surface area contributed by atoms with E-state index in [4.69, 9.17) is 9.47 Å². The summed E-state index contributed by atoms with van der Waals surface area (Å²) in [6, 6.07) is 7.24. The lowest BCUT2D eigenvalue weighted by atomic mass is 9.92. The molecule has 1 amide bonds. The van der Waals surface area contributed by atoms with E-state index in [0.29, 0.717) is 29.0 Å². The van der Waals surface area contributed by atoms with Gasteiger partial charge in [0.25, 0.3) is 0 Å². The normalized spacial score (nSPS) is 19.0. The van der Waals surface area contributed by atoms with Crippen molar-refractivity contribution in [3.8, 4) is 11.5 Å². The fourth-order valence-electron chi connectivity index (χ4n) is 3.65. The van der Waals surface area contributed by atoms with Crippen LogP contribution in [0.15, 0.2) is 35.6 Å². The molecular weight excluding hydrogens is 388 g/mol. The molecule has 0 spiro atoms. The van der Waals surface area contributed by atoms with E-state index in [-0.39, 0.29) is 11.7 Å². The van der Waals surface area contributed by atoms with Crippen LogP contribution in [0.1, 0.15) is 20.3 Å². The molecule has 2 atom stereocenters. The molecular formula is C21H28N4O3S. The molecule has 1 aromatic carbocycles. The molecule has 1 aliphatic heterocycles. The molecule has 3 rings (SSSR count). The Hall–Kier alpha value is -2.48. The molecule has 0 radical (unpaired) electrons. The van der Waals surface area contributed by atoms with Crippen LogP contribution < -0.4 is 19.7 Å². The highest BCUT2D eigenvalue weighted by Gasteiger charge is 2.23. The van der Waals surface area contributed by atoms with E-state index < -0.39 is 0 Å². The highest BCUT2D eigenvalue weighted by molar-refractivity contribution is 7.99. The second kappa shape index (κ2) is 9.82. The summed E-state index contributed by atoms with van der Waals surface area (Å²) in [5, 5.41) is 3.67. The molecule has 0 aliphatic carbocycles. The largest absolute Gasteiger partial charge is 0.497 e. The Balaban J connectivity index is 1.59. The highest BCUT2D eigenvalue weighted by Crippen LogP contribution is 2.28. The van der Waals surface area contributed by atoms with Crippen molar-refractivity contribution in [1.82, 2.24) is 9.97 Å².